The number of ketones is 2. The largest absolute Gasteiger partial charge is 0.383 e. The van der Waals surface area contributed by atoms with Gasteiger partial charge in [0.2, 0.25) is 0 Å². The predicted molar refractivity (Wildman–Crippen MR) is 88.1 cm³/mol. The lowest BCUT2D eigenvalue weighted by Crippen LogP contribution is -2.18. The number of Topliss-reactive ketones (excluding diaryl/α,β-unsaturated/α-hetero) is 1. The average Bonchev–Trinajstić information content (AvgIpc) is 2.59. The van der Waals surface area contributed by atoms with E-state index in [0.717, 1.165) is 6.42 Å². The lowest BCUT2D eigenvalue weighted by molar-refractivity contribution is 0.0992. The van der Waals surface area contributed by atoms with Gasteiger partial charge in [-0.3, -0.25) is 9.59 Å². The Morgan fingerprint density at radius 2 is 1.64 bits per heavy atom. The quantitative estimate of drug-likeness (QED) is 0.628. The van der Waals surface area contributed by atoms with Crippen molar-refractivity contribution in [3.05, 3.63) is 83.6 Å². The van der Waals surface area contributed by atoms with Gasteiger partial charge in [0.25, 0.3) is 0 Å². The van der Waals surface area contributed by atoms with Crippen molar-refractivity contribution in [3.8, 4) is 0 Å². The van der Waals surface area contributed by atoms with E-state index in [1.807, 2.05) is 42.5 Å². The Morgan fingerprint density at radius 1 is 0.955 bits per heavy atom. The van der Waals surface area contributed by atoms with Gasteiger partial charge in [-0.1, -0.05) is 61.5 Å². The summed E-state index contributed by atoms with van der Waals surface area (Å²) in [6.45, 7) is 2.24. The van der Waals surface area contributed by atoms with Gasteiger partial charge in [0, 0.05) is 23.4 Å². The van der Waals surface area contributed by atoms with E-state index in [2.05, 4.69) is 12.2 Å². The van der Waals surface area contributed by atoms with E-state index in [1.54, 1.807) is 12.1 Å². The number of carbonyl (C=O) groups excluding carboxylic acids is 2. The highest BCUT2D eigenvalue weighted by Gasteiger charge is 2.03. The highest BCUT2D eigenvalue weighted by molar-refractivity contribution is 6.04. The normalized spacial score (nSPS) is 10.6. The molecule has 2 rings (SSSR count). The van der Waals surface area contributed by atoms with Crippen LogP contribution in [0, 0.1) is 0 Å². The molecule has 112 valence electrons. The molecule has 0 aliphatic rings. The first-order chi connectivity index (χ1) is 10.7. The van der Waals surface area contributed by atoms with E-state index in [9.17, 15) is 9.59 Å². The molecule has 0 radical (unpaired) electrons. The summed E-state index contributed by atoms with van der Waals surface area (Å²) < 4.78 is 0. The van der Waals surface area contributed by atoms with Gasteiger partial charge in [0.15, 0.2) is 11.6 Å². The van der Waals surface area contributed by atoms with Crippen molar-refractivity contribution in [2.24, 2.45) is 0 Å². The minimum Gasteiger partial charge on any atom is -0.383 e. The van der Waals surface area contributed by atoms with Crippen molar-refractivity contribution < 1.29 is 9.59 Å². The number of rotatable bonds is 7. The Hall–Kier alpha value is -2.68. The van der Waals surface area contributed by atoms with Crippen LogP contribution in [-0.4, -0.2) is 18.1 Å². The molecule has 3 heteroatoms. The number of carbonyl (C=O) groups is 2. The second kappa shape index (κ2) is 7.93. The van der Waals surface area contributed by atoms with Gasteiger partial charge in [0.1, 0.15) is 0 Å². The first-order valence-electron chi connectivity index (χ1n) is 7.32. The van der Waals surface area contributed by atoms with Crippen LogP contribution in [0.15, 0.2) is 66.9 Å². The smallest absolute Gasteiger partial charge is 0.187 e. The molecule has 0 aliphatic heterocycles. The van der Waals surface area contributed by atoms with Crippen LogP contribution in [0.25, 0.3) is 0 Å². The third-order valence-electron chi connectivity index (χ3n) is 3.36. The second-order valence-corrected chi connectivity index (χ2v) is 4.92. The van der Waals surface area contributed by atoms with Crippen molar-refractivity contribution in [2.75, 3.05) is 6.54 Å². The molecule has 0 spiro atoms. The zero-order valence-electron chi connectivity index (χ0n) is 12.6. The fourth-order valence-electron chi connectivity index (χ4n) is 2.01. The number of hydrogen-bond donors (Lipinski definition) is 1. The van der Waals surface area contributed by atoms with Gasteiger partial charge in [-0.15, -0.1) is 0 Å². The summed E-state index contributed by atoms with van der Waals surface area (Å²) in [4.78, 5) is 23.8. The Morgan fingerprint density at radius 3 is 2.27 bits per heavy atom. The van der Waals surface area contributed by atoms with Crippen LogP contribution in [0.1, 0.15) is 33.2 Å². The first kappa shape index (κ1) is 15.7. The summed E-state index contributed by atoms with van der Waals surface area (Å²) in [5.74, 6) is -0.0905. The minimum atomic E-state index is -0.0812. The van der Waals surface area contributed by atoms with Gasteiger partial charge in [-0.25, -0.2) is 0 Å². The maximum Gasteiger partial charge on any atom is 0.187 e. The number of benzene rings is 2. The maximum atomic E-state index is 11.9. The van der Waals surface area contributed by atoms with E-state index in [0.29, 0.717) is 11.1 Å². The van der Waals surface area contributed by atoms with E-state index >= 15 is 0 Å². The van der Waals surface area contributed by atoms with Crippen molar-refractivity contribution >= 4 is 11.6 Å². The summed E-state index contributed by atoms with van der Waals surface area (Å²) in [7, 11) is 0. The molecule has 0 saturated heterocycles. The fraction of sp³-hybridized carbons (Fsp3) is 0.158. The zero-order valence-corrected chi connectivity index (χ0v) is 12.6. The molecule has 0 amide bonds. The molecule has 0 aromatic heterocycles. The molecule has 2 aromatic rings. The molecular weight excluding hydrogens is 274 g/mol. The van der Waals surface area contributed by atoms with Crippen LogP contribution in [-0.2, 0) is 6.42 Å². The lowest BCUT2D eigenvalue weighted by atomic mass is 10.1. The van der Waals surface area contributed by atoms with Crippen LogP contribution < -0.4 is 5.32 Å². The molecule has 0 unspecified atom stereocenters. The predicted octanol–water partition coefficient (Wildman–Crippen LogP) is 3.42. The third-order valence-corrected chi connectivity index (χ3v) is 3.36. The molecule has 2 aromatic carbocycles. The summed E-state index contributed by atoms with van der Waals surface area (Å²) in [5, 5.41) is 2.86. The van der Waals surface area contributed by atoms with E-state index in [4.69, 9.17) is 0 Å². The Kier molecular flexibility index (Phi) is 5.66. The van der Waals surface area contributed by atoms with Crippen LogP contribution in [0.2, 0.25) is 0 Å². The number of hydrogen-bond acceptors (Lipinski definition) is 3. The molecule has 0 atom stereocenters. The zero-order chi connectivity index (χ0) is 15.8. The first-order valence-corrected chi connectivity index (χ1v) is 7.32. The van der Waals surface area contributed by atoms with Crippen molar-refractivity contribution in [3.63, 3.8) is 0 Å². The van der Waals surface area contributed by atoms with Crippen LogP contribution in [0.5, 0.6) is 0 Å². The Balaban J connectivity index is 1.84. The van der Waals surface area contributed by atoms with Gasteiger partial charge < -0.3 is 5.32 Å². The van der Waals surface area contributed by atoms with Crippen LogP contribution >= 0.6 is 0 Å². The fourth-order valence-corrected chi connectivity index (χ4v) is 2.01. The number of aryl methyl sites for hydroxylation is 1. The maximum absolute atomic E-state index is 11.9. The molecule has 0 fully saturated rings. The lowest BCUT2D eigenvalue weighted by Gasteiger charge is -2.01. The minimum absolute atomic E-state index is 0.00926. The van der Waals surface area contributed by atoms with Crippen molar-refractivity contribution in [1.29, 1.82) is 0 Å². The Bertz CT molecular complexity index is 658. The summed E-state index contributed by atoms with van der Waals surface area (Å²) >= 11 is 0. The third kappa shape index (κ3) is 4.42. The van der Waals surface area contributed by atoms with Crippen LogP contribution in [0.3, 0.4) is 0 Å². The van der Waals surface area contributed by atoms with Gasteiger partial charge in [-0.2, -0.15) is 0 Å². The monoisotopic (exact) mass is 293 g/mol. The highest BCUT2D eigenvalue weighted by Crippen LogP contribution is 2.06. The number of allylic oxidation sites excluding steroid dienone is 1. The Labute approximate surface area is 130 Å². The van der Waals surface area contributed by atoms with Crippen molar-refractivity contribution in [1.82, 2.24) is 5.32 Å². The van der Waals surface area contributed by atoms with Crippen LogP contribution in [0.4, 0.5) is 0 Å². The molecular formula is C19H19NO2. The van der Waals surface area contributed by atoms with Gasteiger partial charge >= 0.3 is 0 Å². The second-order valence-electron chi connectivity index (χ2n) is 4.92. The molecule has 22 heavy (non-hydrogen) atoms. The molecule has 3 nitrogen and oxygen atoms in total. The van der Waals surface area contributed by atoms with Gasteiger partial charge in [-0.05, 0) is 12.0 Å². The standard InChI is InChI=1S/C19H19NO2/c1-2-15-8-10-17(11-9-15)18(21)12-13-20-14-19(22)16-6-4-3-5-7-16/h3-13,20H,2,14H2,1H3. The summed E-state index contributed by atoms with van der Waals surface area (Å²) in [6, 6.07) is 16.6. The topological polar surface area (TPSA) is 46.2 Å². The van der Waals surface area contributed by atoms with E-state index in [1.165, 1.54) is 17.8 Å². The molecule has 0 bridgehead atoms. The number of nitrogens with one attached hydrogen (secondary N) is 1. The summed E-state index contributed by atoms with van der Waals surface area (Å²) in [5.41, 5.74) is 2.50. The average molecular weight is 293 g/mol. The highest BCUT2D eigenvalue weighted by atomic mass is 16.1. The summed E-state index contributed by atoms with van der Waals surface area (Å²) in [6.07, 6.45) is 3.92. The molecule has 1 N–H and O–H groups in total. The van der Waals surface area contributed by atoms with E-state index < -0.39 is 0 Å². The van der Waals surface area contributed by atoms with Crippen molar-refractivity contribution in [2.45, 2.75) is 13.3 Å². The van der Waals surface area contributed by atoms with E-state index in [-0.39, 0.29) is 18.1 Å². The molecule has 0 aliphatic carbocycles. The van der Waals surface area contributed by atoms with Gasteiger partial charge in [0.05, 0.1) is 6.54 Å². The molecule has 0 saturated carbocycles. The SMILES string of the molecule is CCc1ccc(C(=O)C=CNCC(=O)c2ccccc2)cc1. The molecule has 0 heterocycles.